The smallest absolute Gasteiger partial charge is 0.228 e. The highest BCUT2D eigenvalue weighted by Crippen LogP contribution is 2.59. The Bertz CT molecular complexity index is 969. The predicted molar refractivity (Wildman–Crippen MR) is 120 cm³/mol. The lowest BCUT2D eigenvalue weighted by Crippen LogP contribution is -2.40. The first-order chi connectivity index (χ1) is 15.1. The van der Waals surface area contributed by atoms with Gasteiger partial charge in [-0.2, -0.15) is 5.10 Å². The maximum atomic E-state index is 12.8. The zero-order chi connectivity index (χ0) is 21.3. The fourth-order valence-corrected chi connectivity index (χ4v) is 5.19. The van der Waals surface area contributed by atoms with Gasteiger partial charge in [-0.25, -0.2) is 4.68 Å². The van der Waals surface area contributed by atoms with Crippen LogP contribution in [-0.4, -0.2) is 39.6 Å². The van der Waals surface area contributed by atoms with E-state index < -0.39 is 0 Å². The van der Waals surface area contributed by atoms with Gasteiger partial charge >= 0.3 is 0 Å². The average molecular weight is 419 g/mol. The summed E-state index contributed by atoms with van der Waals surface area (Å²) >= 11 is 0. The van der Waals surface area contributed by atoms with Gasteiger partial charge in [-0.15, -0.1) is 0 Å². The van der Waals surface area contributed by atoms with Crippen LogP contribution in [0.15, 0.2) is 54.4 Å². The normalized spacial score (nSPS) is 22.1. The number of aromatic nitrogens is 2. The number of nitrogens with zero attached hydrogens (tertiary/aromatic N) is 3. The van der Waals surface area contributed by atoms with Crippen molar-refractivity contribution in [3.05, 3.63) is 54.4 Å². The third-order valence-electron chi connectivity index (χ3n) is 7.29. The molecule has 2 aliphatic carbocycles. The van der Waals surface area contributed by atoms with E-state index in [9.17, 15) is 9.59 Å². The highest BCUT2D eigenvalue weighted by molar-refractivity contribution is 5.95. The minimum atomic E-state index is 0.0663. The zero-order valence-corrected chi connectivity index (χ0v) is 17.9. The Morgan fingerprint density at radius 2 is 1.94 bits per heavy atom. The molecule has 6 heteroatoms. The van der Waals surface area contributed by atoms with E-state index in [1.54, 1.807) is 10.9 Å². The van der Waals surface area contributed by atoms with E-state index in [-0.39, 0.29) is 23.1 Å². The molecule has 31 heavy (non-hydrogen) atoms. The van der Waals surface area contributed by atoms with Crippen LogP contribution in [0.5, 0.6) is 0 Å². The summed E-state index contributed by atoms with van der Waals surface area (Å²) in [4.78, 5) is 27.5. The predicted octanol–water partition coefficient (Wildman–Crippen LogP) is 4.33. The molecule has 1 unspecified atom stereocenters. The maximum Gasteiger partial charge on any atom is 0.228 e. The van der Waals surface area contributed by atoms with E-state index in [1.165, 1.54) is 18.4 Å². The van der Waals surface area contributed by atoms with Crippen molar-refractivity contribution in [2.45, 2.75) is 51.4 Å². The zero-order valence-electron chi connectivity index (χ0n) is 17.9. The second-order valence-electron chi connectivity index (χ2n) is 9.27. The van der Waals surface area contributed by atoms with Crippen molar-refractivity contribution >= 4 is 17.5 Å². The van der Waals surface area contributed by atoms with Crippen LogP contribution in [-0.2, 0) is 9.59 Å². The summed E-state index contributed by atoms with van der Waals surface area (Å²) < 4.78 is 1.79. The van der Waals surface area contributed by atoms with Crippen molar-refractivity contribution in [3.63, 3.8) is 0 Å². The molecule has 6 nitrogen and oxygen atoms in total. The first kappa shape index (κ1) is 20.0. The first-order valence-electron chi connectivity index (χ1n) is 11.5. The van der Waals surface area contributed by atoms with Gasteiger partial charge in [-0.05, 0) is 80.7 Å². The van der Waals surface area contributed by atoms with Crippen LogP contribution in [0, 0.1) is 11.3 Å². The molecule has 1 aromatic carbocycles. The lowest BCUT2D eigenvalue weighted by Gasteiger charge is -2.33. The third kappa shape index (κ3) is 4.29. The maximum absolute atomic E-state index is 12.8. The molecule has 1 N–H and O–H groups in total. The minimum Gasteiger partial charge on any atom is -0.342 e. The summed E-state index contributed by atoms with van der Waals surface area (Å²) in [6.45, 7) is 1.57. The topological polar surface area (TPSA) is 67.2 Å². The summed E-state index contributed by atoms with van der Waals surface area (Å²) in [5.41, 5.74) is 3.20. The average Bonchev–Trinajstić information content (AvgIpc) is 3.22. The molecule has 2 fully saturated rings. The Hall–Kier alpha value is -2.89. The SMILES string of the molecule is O=C(Nc1ccc(-n2cccn2)cc1)C1CC12CCN(C(=O)CC1=CCCCC1)CC2. The van der Waals surface area contributed by atoms with Crippen molar-refractivity contribution in [2.75, 3.05) is 18.4 Å². The van der Waals surface area contributed by atoms with E-state index in [0.29, 0.717) is 6.42 Å². The minimum absolute atomic E-state index is 0.0663. The number of anilines is 1. The summed E-state index contributed by atoms with van der Waals surface area (Å²) in [5.74, 6) is 0.442. The van der Waals surface area contributed by atoms with Crippen molar-refractivity contribution in [1.29, 1.82) is 0 Å². The molecule has 1 aliphatic heterocycles. The second kappa shape index (κ2) is 8.33. The van der Waals surface area contributed by atoms with Crippen molar-refractivity contribution in [2.24, 2.45) is 11.3 Å². The molecule has 1 saturated heterocycles. The number of nitrogens with one attached hydrogen (secondary N) is 1. The molecule has 1 atom stereocenters. The molecule has 0 radical (unpaired) electrons. The third-order valence-corrected chi connectivity index (χ3v) is 7.29. The molecule has 3 aliphatic rings. The highest BCUT2D eigenvalue weighted by Gasteiger charge is 2.58. The van der Waals surface area contributed by atoms with E-state index >= 15 is 0 Å². The number of hydrogen-bond acceptors (Lipinski definition) is 3. The summed E-state index contributed by atoms with van der Waals surface area (Å²) in [5, 5.41) is 7.30. The molecular weight excluding hydrogens is 388 g/mol. The summed E-state index contributed by atoms with van der Waals surface area (Å²) in [6.07, 6.45) is 14.0. The Morgan fingerprint density at radius 1 is 1.13 bits per heavy atom. The van der Waals surface area contributed by atoms with E-state index in [2.05, 4.69) is 16.5 Å². The van der Waals surface area contributed by atoms with E-state index in [0.717, 1.165) is 56.6 Å². The van der Waals surface area contributed by atoms with Crippen molar-refractivity contribution in [1.82, 2.24) is 14.7 Å². The van der Waals surface area contributed by atoms with Crippen LogP contribution >= 0.6 is 0 Å². The number of carbonyl (C=O) groups excluding carboxylic acids is 2. The number of benzene rings is 1. The van der Waals surface area contributed by atoms with Gasteiger partial charge in [0, 0.05) is 43.5 Å². The Balaban J connectivity index is 1.11. The monoisotopic (exact) mass is 418 g/mol. The number of carbonyl (C=O) groups is 2. The van der Waals surface area contributed by atoms with Gasteiger partial charge in [0.25, 0.3) is 0 Å². The van der Waals surface area contributed by atoms with Crippen LogP contribution in [0.25, 0.3) is 5.69 Å². The standard InChI is InChI=1S/C25H30N4O2/c30-23(17-19-5-2-1-3-6-19)28-15-11-25(12-16-28)18-22(25)24(31)27-20-7-9-21(10-8-20)29-14-4-13-26-29/h4-5,7-10,13-14,22H,1-3,6,11-12,15-18H2,(H,27,31). The van der Waals surface area contributed by atoms with E-state index in [1.807, 2.05) is 41.4 Å². The number of likely N-dealkylation sites (tertiary alicyclic amines) is 1. The molecule has 2 heterocycles. The fraction of sp³-hybridized carbons (Fsp3) is 0.480. The van der Waals surface area contributed by atoms with Crippen molar-refractivity contribution in [3.8, 4) is 5.69 Å². The van der Waals surface area contributed by atoms with Gasteiger partial charge in [0.15, 0.2) is 0 Å². The van der Waals surface area contributed by atoms with Crippen LogP contribution < -0.4 is 5.32 Å². The number of rotatable bonds is 5. The second-order valence-corrected chi connectivity index (χ2v) is 9.27. The lowest BCUT2D eigenvalue weighted by atomic mass is 9.90. The molecular formula is C25H30N4O2. The molecule has 1 spiro atoms. The fourth-order valence-electron chi connectivity index (χ4n) is 5.19. The van der Waals surface area contributed by atoms with Gasteiger partial charge in [0.05, 0.1) is 5.69 Å². The first-order valence-corrected chi connectivity index (χ1v) is 11.5. The Labute approximate surface area is 183 Å². The number of hydrogen-bond donors (Lipinski definition) is 1. The van der Waals surface area contributed by atoms with Crippen LogP contribution in [0.1, 0.15) is 51.4 Å². The molecule has 1 saturated carbocycles. The Kier molecular flexibility index (Phi) is 5.38. The Morgan fingerprint density at radius 3 is 2.61 bits per heavy atom. The van der Waals surface area contributed by atoms with Gasteiger partial charge in [-0.3, -0.25) is 9.59 Å². The molecule has 0 bridgehead atoms. The molecule has 162 valence electrons. The molecule has 2 aromatic rings. The van der Waals surface area contributed by atoms with Crippen LogP contribution in [0.4, 0.5) is 5.69 Å². The molecule has 2 amide bonds. The van der Waals surface area contributed by atoms with E-state index in [4.69, 9.17) is 0 Å². The summed E-state index contributed by atoms with van der Waals surface area (Å²) in [6, 6.07) is 9.64. The lowest BCUT2D eigenvalue weighted by molar-refractivity contribution is -0.132. The highest BCUT2D eigenvalue weighted by atomic mass is 16.2. The van der Waals surface area contributed by atoms with Gasteiger partial charge in [-0.1, -0.05) is 11.6 Å². The molecule has 5 rings (SSSR count). The summed E-state index contributed by atoms with van der Waals surface area (Å²) in [7, 11) is 0. The van der Waals surface area contributed by atoms with Gasteiger partial charge < -0.3 is 10.2 Å². The van der Waals surface area contributed by atoms with Gasteiger partial charge in [0.1, 0.15) is 0 Å². The van der Waals surface area contributed by atoms with Crippen LogP contribution in [0.2, 0.25) is 0 Å². The van der Waals surface area contributed by atoms with Crippen molar-refractivity contribution < 1.29 is 9.59 Å². The number of piperidine rings is 1. The number of allylic oxidation sites excluding steroid dienone is 1. The number of amides is 2. The van der Waals surface area contributed by atoms with Crippen LogP contribution in [0.3, 0.4) is 0 Å². The molecule has 1 aromatic heterocycles. The quantitative estimate of drug-likeness (QED) is 0.735. The largest absolute Gasteiger partial charge is 0.342 e. The van der Waals surface area contributed by atoms with Gasteiger partial charge in [0.2, 0.25) is 11.8 Å².